The van der Waals surface area contributed by atoms with Crippen molar-refractivity contribution in [2.45, 2.75) is 31.4 Å². The van der Waals surface area contributed by atoms with Crippen LogP contribution in [0.25, 0.3) is 0 Å². The van der Waals surface area contributed by atoms with E-state index < -0.39 is 28.0 Å². The molecule has 0 aliphatic rings. The molecule has 2 rings (SSSR count). The Hall–Kier alpha value is -2.78. The van der Waals surface area contributed by atoms with E-state index in [1.54, 1.807) is 6.92 Å². The van der Waals surface area contributed by atoms with Crippen molar-refractivity contribution in [2.24, 2.45) is 0 Å². The van der Waals surface area contributed by atoms with Crippen molar-refractivity contribution < 1.29 is 27.1 Å². The van der Waals surface area contributed by atoms with Crippen molar-refractivity contribution in [3.05, 3.63) is 65.0 Å². The van der Waals surface area contributed by atoms with E-state index in [0.717, 1.165) is 4.31 Å². The van der Waals surface area contributed by atoms with Gasteiger partial charge in [-0.05, 0) is 49.2 Å². The summed E-state index contributed by atoms with van der Waals surface area (Å²) in [4.78, 5) is 24.6. The number of sulfonamides is 1. The summed E-state index contributed by atoms with van der Waals surface area (Å²) in [6.07, 6.45) is -1.10. The number of carbonyl (C=O) groups is 2. The highest BCUT2D eigenvalue weighted by atomic mass is 32.2. The molecule has 0 aliphatic heterocycles. The zero-order valence-corrected chi connectivity index (χ0v) is 17.4. The molecule has 1 atom stereocenters. The summed E-state index contributed by atoms with van der Waals surface area (Å²) in [5.41, 5.74) is 1.27. The van der Waals surface area contributed by atoms with Gasteiger partial charge in [0.15, 0.2) is 6.10 Å². The van der Waals surface area contributed by atoms with E-state index in [-0.39, 0.29) is 22.8 Å². The normalized spacial score (nSPS) is 12.5. The molecule has 0 saturated carbocycles. The van der Waals surface area contributed by atoms with Crippen LogP contribution in [0.5, 0.6) is 0 Å². The second-order valence-electron chi connectivity index (χ2n) is 6.66. The van der Waals surface area contributed by atoms with Crippen molar-refractivity contribution in [1.29, 1.82) is 0 Å². The molecule has 1 N–H and O–H groups in total. The van der Waals surface area contributed by atoms with Crippen molar-refractivity contribution in [1.82, 2.24) is 9.62 Å². The predicted octanol–water partition coefficient (Wildman–Crippen LogP) is 2.25. The van der Waals surface area contributed by atoms with Gasteiger partial charge < -0.3 is 10.1 Å². The van der Waals surface area contributed by atoms with Crippen LogP contribution in [0.3, 0.4) is 0 Å². The molecule has 0 fully saturated rings. The molecular weight excluding hydrogens is 399 g/mol. The Kier molecular flexibility index (Phi) is 7.10. The van der Waals surface area contributed by atoms with Gasteiger partial charge in [0.1, 0.15) is 5.82 Å². The zero-order chi connectivity index (χ0) is 21.8. The molecule has 2 aromatic carbocycles. The third-order valence-corrected chi connectivity index (χ3v) is 6.05. The fourth-order valence-corrected chi connectivity index (χ4v) is 3.33. The van der Waals surface area contributed by atoms with Crippen LogP contribution >= 0.6 is 0 Å². The van der Waals surface area contributed by atoms with Gasteiger partial charge in [-0.2, -0.15) is 0 Å². The molecule has 0 spiro atoms. The first-order valence-electron chi connectivity index (χ1n) is 8.78. The number of nitrogens with one attached hydrogen (secondary N) is 1. The molecule has 9 heteroatoms. The van der Waals surface area contributed by atoms with Gasteiger partial charge in [-0.15, -0.1) is 0 Å². The molecule has 0 radical (unpaired) electrons. The summed E-state index contributed by atoms with van der Waals surface area (Å²) in [5, 5.41) is 2.60. The van der Waals surface area contributed by atoms with Crippen LogP contribution in [0.15, 0.2) is 47.4 Å². The largest absolute Gasteiger partial charge is 0.449 e. The Balaban J connectivity index is 2.06. The minimum Gasteiger partial charge on any atom is -0.449 e. The van der Waals surface area contributed by atoms with E-state index >= 15 is 0 Å². The lowest BCUT2D eigenvalue weighted by Crippen LogP contribution is -2.35. The monoisotopic (exact) mass is 422 g/mol. The summed E-state index contributed by atoms with van der Waals surface area (Å²) in [6, 6.07) is 9.77. The number of hydrogen-bond donors (Lipinski definition) is 1. The highest BCUT2D eigenvalue weighted by Gasteiger charge is 2.23. The number of aryl methyl sites for hydroxylation is 1. The second kappa shape index (κ2) is 9.15. The third-order valence-electron chi connectivity index (χ3n) is 4.24. The fraction of sp³-hybridized carbons (Fsp3) is 0.300. The Morgan fingerprint density at radius 1 is 1.14 bits per heavy atom. The quantitative estimate of drug-likeness (QED) is 0.691. The van der Waals surface area contributed by atoms with Crippen molar-refractivity contribution in [2.75, 3.05) is 14.1 Å². The Morgan fingerprint density at radius 2 is 1.76 bits per heavy atom. The van der Waals surface area contributed by atoms with Crippen LogP contribution in [0.1, 0.15) is 28.4 Å². The highest BCUT2D eigenvalue weighted by Crippen LogP contribution is 2.19. The van der Waals surface area contributed by atoms with E-state index in [1.165, 1.54) is 63.5 Å². The maximum Gasteiger partial charge on any atom is 0.339 e. The van der Waals surface area contributed by atoms with Crippen LogP contribution in [0.4, 0.5) is 4.39 Å². The molecule has 29 heavy (non-hydrogen) atoms. The smallest absolute Gasteiger partial charge is 0.339 e. The first-order chi connectivity index (χ1) is 13.5. The standard InChI is InChI=1S/C20H23FN2O5S/c1-13-5-10-17(29(26,27)23(3)4)11-18(13)20(25)28-14(2)19(24)22-12-15-6-8-16(21)9-7-15/h5-11,14H,12H2,1-4H3,(H,22,24)/t14-/m0/s1. The van der Waals surface area contributed by atoms with E-state index in [1.807, 2.05) is 0 Å². The molecule has 0 unspecified atom stereocenters. The summed E-state index contributed by atoms with van der Waals surface area (Å²) in [5.74, 6) is -1.71. The Bertz CT molecular complexity index is 1000. The van der Waals surface area contributed by atoms with Gasteiger partial charge in [0, 0.05) is 20.6 Å². The van der Waals surface area contributed by atoms with Crippen LogP contribution in [-0.4, -0.2) is 44.8 Å². The number of carbonyl (C=O) groups excluding carboxylic acids is 2. The molecule has 0 heterocycles. The zero-order valence-electron chi connectivity index (χ0n) is 16.6. The maximum atomic E-state index is 12.9. The van der Waals surface area contributed by atoms with E-state index in [0.29, 0.717) is 11.1 Å². The molecule has 0 aliphatic carbocycles. The van der Waals surface area contributed by atoms with Gasteiger partial charge in [-0.3, -0.25) is 4.79 Å². The van der Waals surface area contributed by atoms with Gasteiger partial charge in [0.2, 0.25) is 10.0 Å². The van der Waals surface area contributed by atoms with E-state index in [9.17, 15) is 22.4 Å². The number of hydrogen-bond acceptors (Lipinski definition) is 5. The SMILES string of the molecule is Cc1ccc(S(=O)(=O)N(C)C)cc1C(=O)O[C@@H](C)C(=O)NCc1ccc(F)cc1. The maximum absolute atomic E-state index is 12.9. The lowest BCUT2D eigenvalue weighted by atomic mass is 10.1. The number of benzene rings is 2. The summed E-state index contributed by atoms with van der Waals surface area (Å²) in [7, 11) is -0.938. The average Bonchev–Trinajstić information content (AvgIpc) is 2.67. The molecule has 156 valence electrons. The Labute approximate surface area is 169 Å². The average molecular weight is 422 g/mol. The van der Waals surface area contributed by atoms with Crippen LogP contribution < -0.4 is 5.32 Å². The second-order valence-corrected chi connectivity index (χ2v) is 8.81. The van der Waals surface area contributed by atoms with Crippen molar-refractivity contribution >= 4 is 21.9 Å². The minimum absolute atomic E-state index is 0.0477. The van der Waals surface area contributed by atoms with E-state index in [4.69, 9.17) is 4.74 Å². The molecular formula is C20H23FN2O5S. The molecule has 7 nitrogen and oxygen atoms in total. The van der Waals surface area contributed by atoms with Gasteiger partial charge in [-0.25, -0.2) is 21.9 Å². The fourth-order valence-electron chi connectivity index (χ4n) is 2.41. The summed E-state index contributed by atoms with van der Waals surface area (Å²) >= 11 is 0. The molecule has 1 amide bonds. The lowest BCUT2D eigenvalue weighted by molar-refractivity contribution is -0.129. The third kappa shape index (κ3) is 5.61. The minimum atomic E-state index is -3.72. The highest BCUT2D eigenvalue weighted by molar-refractivity contribution is 7.89. The van der Waals surface area contributed by atoms with Crippen molar-refractivity contribution in [3.8, 4) is 0 Å². The lowest BCUT2D eigenvalue weighted by Gasteiger charge is -2.16. The molecule has 0 bridgehead atoms. The number of halogens is 1. The summed E-state index contributed by atoms with van der Waals surface area (Å²) < 4.78 is 43.7. The number of ether oxygens (including phenoxy) is 1. The van der Waals surface area contributed by atoms with Crippen LogP contribution in [-0.2, 0) is 26.1 Å². The van der Waals surface area contributed by atoms with Gasteiger partial charge >= 0.3 is 5.97 Å². The van der Waals surface area contributed by atoms with Crippen LogP contribution in [0.2, 0.25) is 0 Å². The predicted molar refractivity (Wildman–Crippen MR) is 105 cm³/mol. The van der Waals surface area contributed by atoms with E-state index in [2.05, 4.69) is 5.32 Å². The first kappa shape index (κ1) is 22.5. The van der Waals surface area contributed by atoms with Crippen molar-refractivity contribution in [3.63, 3.8) is 0 Å². The van der Waals surface area contributed by atoms with Gasteiger partial charge in [-0.1, -0.05) is 18.2 Å². The number of nitrogens with zero attached hydrogens (tertiary/aromatic N) is 1. The van der Waals surface area contributed by atoms with Gasteiger partial charge in [0.05, 0.1) is 10.5 Å². The molecule has 0 aromatic heterocycles. The topological polar surface area (TPSA) is 92.8 Å². The molecule has 2 aromatic rings. The summed E-state index contributed by atoms with van der Waals surface area (Å²) in [6.45, 7) is 3.20. The van der Waals surface area contributed by atoms with Gasteiger partial charge in [0.25, 0.3) is 5.91 Å². The first-order valence-corrected chi connectivity index (χ1v) is 10.2. The number of esters is 1. The Morgan fingerprint density at radius 3 is 2.34 bits per heavy atom. The number of rotatable bonds is 7. The van der Waals surface area contributed by atoms with Crippen LogP contribution in [0, 0.1) is 12.7 Å². The number of amides is 1. The molecule has 0 saturated heterocycles.